The van der Waals surface area contributed by atoms with Crippen LogP contribution in [0.4, 0.5) is 27.5 Å². The minimum Gasteiger partial charge on any atom is -0.321 e. The van der Waals surface area contributed by atoms with Crippen LogP contribution < -0.4 is 16.0 Å². The number of benzene rings is 3. The van der Waals surface area contributed by atoms with E-state index in [0.29, 0.717) is 22.7 Å². The number of aromatic nitrogens is 2. The molecule has 4 aromatic rings. The molecule has 0 aliphatic rings. The Balaban J connectivity index is 1.35. The fourth-order valence-corrected chi connectivity index (χ4v) is 2.96. The van der Waals surface area contributed by atoms with Gasteiger partial charge in [0.2, 0.25) is 0 Å². The number of para-hydroxylation sites is 1. The number of nitrogens with zero attached hydrogens (tertiary/aromatic N) is 3. The molecule has 0 fully saturated rings. The van der Waals surface area contributed by atoms with Crippen molar-refractivity contribution in [1.82, 2.24) is 9.78 Å². The number of hydrogen-bond donors (Lipinski definition) is 3. The van der Waals surface area contributed by atoms with Gasteiger partial charge in [-0.2, -0.15) is 5.10 Å². The molecule has 1 aromatic heterocycles. The monoisotopic (exact) mass is 442 g/mol. The third-order valence-corrected chi connectivity index (χ3v) is 4.58. The van der Waals surface area contributed by atoms with Crippen LogP contribution in [0.15, 0.2) is 91.1 Å². The van der Waals surface area contributed by atoms with Gasteiger partial charge in [-0.05, 0) is 54.6 Å². The maximum atomic E-state index is 12.5. The van der Waals surface area contributed by atoms with Crippen molar-refractivity contribution in [2.45, 2.75) is 0 Å². The quantitative estimate of drug-likeness (QED) is 0.295. The number of carbonyl (C=O) groups is 2. The van der Waals surface area contributed by atoms with Gasteiger partial charge < -0.3 is 16.0 Å². The largest absolute Gasteiger partial charge is 0.323 e. The van der Waals surface area contributed by atoms with Gasteiger partial charge in [0.05, 0.1) is 10.6 Å². The molecule has 3 N–H and O–H groups in total. The van der Waals surface area contributed by atoms with Gasteiger partial charge in [-0.15, -0.1) is 0 Å². The summed E-state index contributed by atoms with van der Waals surface area (Å²) in [5.41, 5.74) is 2.50. The van der Waals surface area contributed by atoms with Gasteiger partial charge in [0, 0.05) is 35.4 Å². The summed E-state index contributed by atoms with van der Waals surface area (Å²) in [5.74, 6) is -0.418. The van der Waals surface area contributed by atoms with Crippen LogP contribution in [0, 0.1) is 10.1 Å². The van der Waals surface area contributed by atoms with E-state index in [4.69, 9.17) is 0 Å². The Morgan fingerprint density at radius 2 is 1.33 bits per heavy atom. The number of nitro benzene ring substituents is 1. The second kappa shape index (κ2) is 9.43. The van der Waals surface area contributed by atoms with Crippen molar-refractivity contribution in [1.29, 1.82) is 0 Å². The summed E-state index contributed by atoms with van der Waals surface area (Å²) >= 11 is 0. The first-order valence-corrected chi connectivity index (χ1v) is 9.83. The predicted octanol–water partition coefficient (Wildman–Crippen LogP) is 4.68. The third kappa shape index (κ3) is 5.39. The van der Waals surface area contributed by atoms with Crippen molar-refractivity contribution < 1.29 is 14.5 Å². The Morgan fingerprint density at radius 1 is 0.758 bits per heavy atom. The van der Waals surface area contributed by atoms with Crippen LogP contribution in [0.25, 0.3) is 5.69 Å². The van der Waals surface area contributed by atoms with Gasteiger partial charge in [-0.25, -0.2) is 9.48 Å². The molecule has 33 heavy (non-hydrogen) atoms. The van der Waals surface area contributed by atoms with Gasteiger partial charge in [-0.1, -0.05) is 18.2 Å². The molecule has 4 rings (SSSR count). The van der Waals surface area contributed by atoms with E-state index in [-0.39, 0.29) is 17.4 Å². The Morgan fingerprint density at radius 3 is 1.94 bits per heavy atom. The summed E-state index contributed by atoms with van der Waals surface area (Å²) in [6.07, 6.45) is 1.59. The topological polar surface area (TPSA) is 131 Å². The van der Waals surface area contributed by atoms with Gasteiger partial charge in [0.1, 0.15) is 0 Å². The molecular weight excluding hydrogens is 424 g/mol. The van der Waals surface area contributed by atoms with E-state index in [9.17, 15) is 19.7 Å². The van der Waals surface area contributed by atoms with Gasteiger partial charge in [-0.3, -0.25) is 14.9 Å². The van der Waals surface area contributed by atoms with Crippen LogP contribution in [0.2, 0.25) is 0 Å². The van der Waals surface area contributed by atoms with Crippen molar-refractivity contribution in [3.05, 3.63) is 107 Å². The standard InChI is InChI=1S/C23H18N6O4/c30-22(21-14-15-28(27-21)19-10-12-20(13-11-19)29(32)33)24-17-6-8-18(9-7-17)26-23(31)25-16-4-2-1-3-5-16/h1-15H,(H,24,30)(H2,25,26,31). The molecule has 10 nitrogen and oxygen atoms in total. The molecule has 1 heterocycles. The highest BCUT2D eigenvalue weighted by molar-refractivity contribution is 6.03. The first-order chi connectivity index (χ1) is 16.0. The molecule has 0 aliphatic carbocycles. The molecule has 0 radical (unpaired) electrons. The normalized spacial score (nSPS) is 10.3. The van der Waals surface area contributed by atoms with E-state index >= 15 is 0 Å². The summed E-state index contributed by atoms with van der Waals surface area (Å²) in [6.45, 7) is 0. The molecule has 0 saturated heterocycles. The lowest BCUT2D eigenvalue weighted by Crippen LogP contribution is -2.19. The average Bonchev–Trinajstić information content (AvgIpc) is 3.32. The zero-order valence-electron chi connectivity index (χ0n) is 17.1. The Kier molecular flexibility index (Phi) is 6.08. The highest BCUT2D eigenvalue weighted by Crippen LogP contribution is 2.17. The van der Waals surface area contributed by atoms with E-state index in [0.717, 1.165) is 0 Å². The van der Waals surface area contributed by atoms with Crippen LogP contribution in [0.3, 0.4) is 0 Å². The number of amides is 3. The molecule has 0 bridgehead atoms. The third-order valence-electron chi connectivity index (χ3n) is 4.58. The van der Waals surface area contributed by atoms with Crippen LogP contribution in [0.5, 0.6) is 0 Å². The molecule has 164 valence electrons. The van der Waals surface area contributed by atoms with Crippen LogP contribution in [-0.2, 0) is 0 Å². The lowest BCUT2D eigenvalue weighted by atomic mass is 10.2. The Labute approximate surface area is 188 Å². The van der Waals surface area contributed by atoms with Crippen molar-refractivity contribution in [3.8, 4) is 5.69 Å². The molecule has 0 aliphatic heterocycles. The van der Waals surface area contributed by atoms with Crippen LogP contribution in [0.1, 0.15) is 10.5 Å². The minimum atomic E-state index is -0.484. The fourth-order valence-electron chi connectivity index (χ4n) is 2.96. The molecular formula is C23H18N6O4. The van der Waals surface area contributed by atoms with Crippen molar-refractivity contribution in [2.24, 2.45) is 0 Å². The summed E-state index contributed by atoms with van der Waals surface area (Å²) in [7, 11) is 0. The van der Waals surface area contributed by atoms with Crippen molar-refractivity contribution in [2.75, 3.05) is 16.0 Å². The maximum Gasteiger partial charge on any atom is 0.323 e. The van der Waals surface area contributed by atoms with Crippen molar-refractivity contribution >= 4 is 34.7 Å². The number of urea groups is 1. The number of rotatable bonds is 6. The summed E-state index contributed by atoms with van der Waals surface area (Å²) in [5, 5.41) is 23.2. The minimum absolute atomic E-state index is 0.0284. The molecule has 0 saturated carbocycles. The second-order valence-electron chi connectivity index (χ2n) is 6.90. The van der Waals surface area contributed by atoms with E-state index < -0.39 is 10.8 Å². The molecule has 3 aromatic carbocycles. The first kappa shape index (κ1) is 21.2. The average molecular weight is 442 g/mol. The Bertz CT molecular complexity index is 1280. The predicted molar refractivity (Wildman–Crippen MR) is 124 cm³/mol. The zero-order valence-corrected chi connectivity index (χ0v) is 17.1. The number of nitrogens with one attached hydrogen (secondary N) is 3. The second-order valence-corrected chi connectivity index (χ2v) is 6.90. The van der Waals surface area contributed by atoms with E-state index in [1.165, 1.54) is 16.8 Å². The first-order valence-electron chi connectivity index (χ1n) is 9.83. The summed E-state index contributed by atoms with van der Waals surface area (Å²) in [4.78, 5) is 34.9. The van der Waals surface area contributed by atoms with E-state index in [2.05, 4.69) is 21.0 Å². The highest BCUT2D eigenvalue weighted by atomic mass is 16.6. The smallest absolute Gasteiger partial charge is 0.321 e. The number of hydrogen-bond acceptors (Lipinski definition) is 5. The van der Waals surface area contributed by atoms with Crippen LogP contribution >= 0.6 is 0 Å². The SMILES string of the molecule is O=C(Nc1ccccc1)Nc1ccc(NC(=O)c2ccn(-c3ccc([N+](=O)[O-])cc3)n2)cc1. The number of nitro groups is 1. The van der Waals surface area contributed by atoms with E-state index in [1.807, 2.05) is 18.2 Å². The molecule has 0 spiro atoms. The lowest BCUT2D eigenvalue weighted by Gasteiger charge is -2.09. The van der Waals surface area contributed by atoms with Crippen LogP contribution in [-0.4, -0.2) is 26.6 Å². The van der Waals surface area contributed by atoms with Gasteiger partial charge in [0.15, 0.2) is 5.69 Å². The van der Waals surface area contributed by atoms with Crippen molar-refractivity contribution in [3.63, 3.8) is 0 Å². The highest BCUT2D eigenvalue weighted by Gasteiger charge is 2.12. The van der Waals surface area contributed by atoms with Gasteiger partial charge >= 0.3 is 6.03 Å². The molecule has 0 unspecified atom stereocenters. The number of non-ortho nitro benzene ring substituents is 1. The summed E-state index contributed by atoms with van der Waals surface area (Å²) < 4.78 is 1.46. The summed E-state index contributed by atoms with van der Waals surface area (Å²) in [6, 6.07) is 22.7. The fraction of sp³-hybridized carbons (Fsp3) is 0. The maximum absolute atomic E-state index is 12.5. The zero-order chi connectivity index (χ0) is 23.2. The molecule has 3 amide bonds. The van der Waals surface area contributed by atoms with E-state index in [1.54, 1.807) is 60.8 Å². The van der Waals surface area contributed by atoms with Gasteiger partial charge in [0.25, 0.3) is 11.6 Å². The number of carbonyl (C=O) groups excluding carboxylic acids is 2. The number of anilines is 3. The Hall–Kier alpha value is -4.99. The molecule has 0 atom stereocenters. The molecule has 10 heteroatoms. The lowest BCUT2D eigenvalue weighted by molar-refractivity contribution is -0.384.